The number of thiocarbonyl (C=S) groups is 1. The third-order valence-corrected chi connectivity index (χ3v) is 5.61. The number of methoxy groups -OCH3 is 1. The van der Waals surface area contributed by atoms with Crippen molar-refractivity contribution in [3.63, 3.8) is 0 Å². The molecule has 1 atom stereocenters. The number of nitrogens with zero attached hydrogens (tertiary/aromatic N) is 4. The summed E-state index contributed by atoms with van der Waals surface area (Å²) in [5.74, 6) is 1.77. The maximum Gasteiger partial charge on any atom is 0.234 e. The van der Waals surface area contributed by atoms with Gasteiger partial charge in [-0.15, -0.1) is 0 Å². The molecule has 30 heavy (non-hydrogen) atoms. The SMILES string of the molecule is COc1cc(N2CCN(c3ccccc3)CC2)nc(NC(=S)NC[C@@H]2CCCO2)n1. The summed E-state index contributed by atoms with van der Waals surface area (Å²) >= 11 is 5.40. The number of hydrogen-bond acceptors (Lipinski definition) is 7. The van der Waals surface area contributed by atoms with Crippen LogP contribution in [0.1, 0.15) is 12.8 Å². The van der Waals surface area contributed by atoms with Crippen molar-refractivity contribution in [3.05, 3.63) is 36.4 Å². The van der Waals surface area contributed by atoms with Gasteiger partial charge in [-0.3, -0.25) is 0 Å². The third-order valence-electron chi connectivity index (χ3n) is 5.36. The molecule has 2 aliphatic heterocycles. The minimum Gasteiger partial charge on any atom is -0.481 e. The molecule has 4 rings (SSSR count). The quantitative estimate of drug-likeness (QED) is 0.674. The van der Waals surface area contributed by atoms with E-state index in [0.29, 0.717) is 23.5 Å². The number of rotatable bonds is 6. The first-order valence-corrected chi connectivity index (χ1v) is 10.8. The van der Waals surface area contributed by atoms with E-state index in [2.05, 4.69) is 54.7 Å². The van der Waals surface area contributed by atoms with Crippen LogP contribution in [-0.2, 0) is 4.74 Å². The van der Waals surface area contributed by atoms with Crippen molar-refractivity contribution >= 4 is 34.8 Å². The highest BCUT2D eigenvalue weighted by Gasteiger charge is 2.20. The van der Waals surface area contributed by atoms with Gasteiger partial charge < -0.3 is 29.9 Å². The van der Waals surface area contributed by atoms with Crippen molar-refractivity contribution in [2.45, 2.75) is 18.9 Å². The number of ether oxygens (including phenoxy) is 2. The number of aromatic nitrogens is 2. The minimum atomic E-state index is 0.215. The van der Waals surface area contributed by atoms with Gasteiger partial charge in [0, 0.05) is 51.1 Å². The lowest BCUT2D eigenvalue weighted by Crippen LogP contribution is -2.47. The number of para-hydroxylation sites is 1. The molecule has 0 radical (unpaired) electrons. The summed E-state index contributed by atoms with van der Waals surface area (Å²) in [6.45, 7) is 5.11. The molecular formula is C21H28N6O2S. The van der Waals surface area contributed by atoms with Crippen LogP contribution in [0, 0.1) is 0 Å². The maximum absolute atomic E-state index is 5.62. The normalized spacial score (nSPS) is 18.9. The van der Waals surface area contributed by atoms with E-state index in [0.717, 1.165) is 51.4 Å². The average Bonchev–Trinajstić information content (AvgIpc) is 3.32. The van der Waals surface area contributed by atoms with Gasteiger partial charge in [-0.05, 0) is 37.2 Å². The Balaban J connectivity index is 1.37. The van der Waals surface area contributed by atoms with Gasteiger partial charge in [0.2, 0.25) is 11.8 Å². The van der Waals surface area contributed by atoms with Crippen molar-refractivity contribution in [2.75, 3.05) is 61.6 Å². The van der Waals surface area contributed by atoms with Gasteiger partial charge in [0.1, 0.15) is 5.82 Å². The Morgan fingerprint density at radius 3 is 2.63 bits per heavy atom. The van der Waals surface area contributed by atoms with Gasteiger partial charge in [0.05, 0.1) is 13.2 Å². The molecule has 160 valence electrons. The third kappa shape index (κ3) is 5.28. The Kier molecular flexibility index (Phi) is 6.81. The second-order valence-electron chi connectivity index (χ2n) is 7.37. The highest BCUT2D eigenvalue weighted by atomic mass is 32.1. The standard InChI is InChI=1S/C21H28N6O2S/c1-28-19-14-18(27-11-9-26(10-12-27)16-6-3-2-4-7-16)23-20(24-19)25-21(30)22-15-17-8-5-13-29-17/h2-4,6-7,14,17H,5,8-13,15H2,1H3,(H2,22,23,24,25,30)/t17-/m0/s1. The van der Waals surface area contributed by atoms with Gasteiger partial charge in [0.15, 0.2) is 5.11 Å². The molecule has 2 saturated heterocycles. The summed E-state index contributed by atoms with van der Waals surface area (Å²) in [5, 5.41) is 6.75. The largest absolute Gasteiger partial charge is 0.481 e. The van der Waals surface area contributed by atoms with Crippen LogP contribution in [0.25, 0.3) is 0 Å². The van der Waals surface area contributed by atoms with E-state index in [1.54, 1.807) is 7.11 Å². The molecule has 3 heterocycles. The predicted molar refractivity (Wildman–Crippen MR) is 123 cm³/mol. The van der Waals surface area contributed by atoms with Crippen molar-refractivity contribution in [2.24, 2.45) is 0 Å². The molecule has 9 heteroatoms. The molecular weight excluding hydrogens is 400 g/mol. The summed E-state index contributed by atoms with van der Waals surface area (Å²) in [6.07, 6.45) is 2.38. The number of benzene rings is 1. The van der Waals surface area contributed by atoms with E-state index in [4.69, 9.17) is 21.7 Å². The van der Waals surface area contributed by atoms with Crippen LogP contribution in [0.4, 0.5) is 17.5 Å². The molecule has 2 aliphatic rings. The Morgan fingerprint density at radius 2 is 1.93 bits per heavy atom. The first-order chi connectivity index (χ1) is 14.7. The fourth-order valence-corrected chi connectivity index (χ4v) is 3.90. The van der Waals surface area contributed by atoms with Gasteiger partial charge >= 0.3 is 0 Å². The minimum absolute atomic E-state index is 0.215. The van der Waals surface area contributed by atoms with Crippen LogP contribution in [0.3, 0.4) is 0 Å². The molecule has 2 N–H and O–H groups in total. The van der Waals surface area contributed by atoms with Gasteiger partial charge in [-0.1, -0.05) is 18.2 Å². The molecule has 2 fully saturated rings. The van der Waals surface area contributed by atoms with Crippen molar-refractivity contribution < 1.29 is 9.47 Å². The van der Waals surface area contributed by atoms with E-state index in [1.807, 2.05) is 12.1 Å². The first-order valence-electron chi connectivity index (χ1n) is 10.4. The number of piperazine rings is 1. The van der Waals surface area contributed by atoms with Crippen LogP contribution in [0.2, 0.25) is 0 Å². The molecule has 0 spiro atoms. The van der Waals surface area contributed by atoms with E-state index < -0.39 is 0 Å². The fraction of sp³-hybridized carbons (Fsp3) is 0.476. The molecule has 1 aromatic carbocycles. The smallest absolute Gasteiger partial charge is 0.234 e. The van der Waals surface area contributed by atoms with E-state index in [-0.39, 0.29) is 6.10 Å². The highest BCUT2D eigenvalue weighted by Crippen LogP contribution is 2.23. The van der Waals surface area contributed by atoms with Crippen molar-refractivity contribution in [3.8, 4) is 5.88 Å². The second-order valence-corrected chi connectivity index (χ2v) is 7.78. The van der Waals surface area contributed by atoms with E-state index >= 15 is 0 Å². The van der Waals surface area contributed by atoms with Gasteiger partial charge in [0.25, 0.3) is 0 Å². The zero-order valence-electron chi connectivity index (χ0n) is 17.2. The Morgan fingerprint density at radius 1 is 1.17 bits per heavy atom. The fourth-order valence-electron chi connectivity index (χ4n) is 3.73. The summed E-state index contributed by atoms with van der Waals surface area (Å²) in [4.78, 5) is 13.7. The second kappa shape index (κ2) is 9.90. The van der Waals surface area contributed by atoms with Crippen LogP contribution < -0.4 is 25.2 Å². The molecule has 0 saturated carbocycles. The van der Waals surface area contributed by atoms with Crippen LogP contribution >= 0.6 is 12.2 Å². The Labute approximate surface area is 182 Å². The number of hydrogen-bond donors (Lipinski definition) is 2. The van der Waals surface area contributed by atoms with Crippen molar-refractivity contribution in [1.29, 1.82) is 0 Å². The van der Waals surface area contributed by atoms with E-state index in [1.165, 1.54) is 5.69 Å². The van der Waals surface area contributed by atoms with Gasteiger partial charge in [-0.2, -0.15) is 9.97 Å². The molecule has 0 aliphatic carbocycles. The first kappa shape index (κ1) is 20.6. The van der Waals surface area contributed by atoms with Crippen LogP contribution in [0.5, 0.6) is 5.88 Å². The van der Waals surface area contributed by atoms with E-state index in [9.17, 15) is 0 Å². The molecule has 2 aromatic rings. The monoisotopic (exact) mass is 428 g/mol. The predicted octanol–water partition coefficient (Wildman–Crippen LogP) is 2.28. The maximum atomic E-state index is 5.62. The summed E-state index contributed by atoms with van der Waals surface area (Å²) in [7, 11) is 1.61. The lowest BCUT2D eigenvalue weighted by molar-refractivity contribution is 0.114. The van der Waals surface area contributed by atoms with Crippen LogP contribution in [0.15, 0.2) is 36.4 Å². The van der Waals surface area contributed by atoms with Gasteiger partial charge in [-0.25, -0.2) is 0 Å². The summed E-state index contributed by atoms with van der Waals surface area (Å²) < 4.78 is 11.0. The molecule has 1 aromatic heterocycles. The highest BCUT2D eigenvalue weighted by molar-refractivity contribution is 7.80. The summed E-state index contributed by atoms with van der Waals surface area (Å²) in [6, 6.07) is 12.4. The number of nitrogens with one attached hydrogen (secondary N) is 2. The Bertz CT molecular complexity index is 839. The molecule has 0 unspecified atom stereocenters. The molecule has 8 nitrogen and oxygen atoms in total. The molecule has 0 amide bonds. The molecule has 0 bridgehead atoms. The lowest BCUT2D eigenvalue weighted by Gasteiger charge is -2.36. The topological polar surface area (TPSA) is 74.8 Å². The average molecular weight is 429 g/mol. The van der Waals surface area contributed by atoms with Crippen LogP contribution in [-0.4, -0.2) is 67.6 Å². The Hall–Kier alpha value is -2.65. The zero-order valence-corrected chi connectivity index (χ0v) is 18.0. The lowest BCUT2D eigenvalue weighted by atomic mass is 10.2. The number of anilines is 3. The summed E-state index contributed by atoms with van der Waals surface area (Å²) in [5.41, 5.74) is 1.25. The zero-order chi connectivity index (χ0) is 20.8. The van der Waals surface area contributed by atoms with Crippen molar-refractivity contribution in [1.82, 2.24) is 15.3 Å².